The molecule has 11 heteroatoms. The van der Waals surface area contributed by atoms with Crippen molar-refractivity contribution in [1.29, 1.82) is 0 Å². The van der Waals surface area contributed by atoms with Gasteiger partial charge >= 0.3 is 5.97 Å². The first-order chi connectivity index (χ1) is 19.8. The Balaban J connectivity index is 1.37. The number of nitrogens with one attached hydrogen (secondary N) is 2. The molecule has 2 N–H and O–H groups in total. The first kappa shape index (κ1) is 29.1. The number of carbonyl (C=O) groups is 3. The molecular formula is C30H23Cl2N3O6. The van der Waals surface area contributed by atoms with Gasteiger partial charge in [0.2, 0.25) is 0 Å². The maximum absolute atomic E-state index is 12.6. The number of hydrogen-bond donors (Lipinski definition) is 2. The molecule has 9 nitrogen and oxygen atoms in total. The average molecular weight is 592 g/mol. The molecule has 0 aliphatic rings. The highest BCUT2D eigenvalue weighted by molar-refractivity contribution is 6.36. The second kappa shape index (κ2) is 13.5. The van der Waals surface area contributed by atoms with Crippen molar-refractivity contribution >= 4 is 52.9 Å². The summed E-state index contributed by atoms with van der Waals surface area (Å²) in [5.41, 5.74) is 4.32. The van der Waals surface area contributed by atoms with Crippen LogP contribution in [0.25, 0.3) is 0 Å². The van der Waals surface area contributed by atoms with Gasteiger partial charge in [0, 0.05) is 21.8 Å². The van der Waals surface area contributed by atoms with Crippen molar-refractivity contribution in [3.63, 3.8) is 0 Å². The van der Waals surface area contributed by atoms with Crippen molar-refractivity contribution in [2.75, 3.05) is 19.5 Å². The van der Waals surface area contributed by atoms with E-state index in [9.17, 15) is 14.4 Å². The summed E-state index contributed by atoms with van der Waals surface area (Å²) in [5, 5.41) is 7.30. The van der Waals surface area contributed by atoms with Crippen LogP contribution in [0.4, 0.5) is 5.69 Å². The minimum Gasteiger partial charge on any atom is -0.497 e. The first-order valence-electron chi connectivity index (χ1n) is 12.0. The van der Waals surface area contributed by atoms with Gasteiger partial charge in [0.15, 0.2) is 11.5 Å². The van der Waals surface area contributed by atoms with Gasteiger partial charge in [-0.2, -0.15) is 5.10 Å². The highest BCUT2D eigenvalue weighted by Gasteiger charge is 2.16. The maximum atomic E-state index is 12.6. The van der Waals surface area contributed by atoms with Crippen molar-refractivity contribution < 1.29 is 28.6 Å². The molecule has 41 heavy (non-hydrogen) atoms. The molecule has 0 aliphatic heterocycles. The molecule has 0 atom stereocenters. The zero-order valence-corrected chi connectivity index (χ0v) is 23.3. The van der Waals surface area contributed by atoms with Crippen LogP contribution in [-0.2, 0) is 0 Å². The lowest BCUT2D eigenvalue weighted by Crippen LogP contribution is -2.18. The molecule has 0 saturated heterocycles. The Bertz CT molecular complexity index is 1620. The number of hydrazone groups is 1. The summed E-state index contributed by atoms with van der Waals surface area (Å²) in [6.45, 7) is 0. The Morgan fingerprint density at radius 1 is 0.780 bits per heavy atom. The number of amides is 2. The summed E-state index contributed by atoms with van der Waals surface area (Å²) in [7, 11) is 2.97. The first-order valence-corrected chi connectivity index (χ1v) is 12.8. The lowest BCUT2D eigenvalue weighted by molar-refractivity contribution is 0.0729. The molecule has 2 amide bonds. The Labute approximate surface area is 245 Å². The summed E-state index contributed by atoms with van der Waals surface area (Å²) in [6, 6.07) is 22.3. The molecule has 208 valence electrons. The van der Waals surface area contributed by atoms with E-state index in [1.807, 2.05) is 0 Å². The van der Waals surface area contributed by atoms with Gasteiger partial charge in [-0.05, 0) is 84.4 Å². The van der Waals surface area contributed by atoms with E-state index in [0.29, 0.717) is 27.6 Å². The van der Waals surface area contributed by atoms with E-state index < -0.39 is 11.9 Å². The summed E-state index contributed by atoms with van der Waals surface area (Å²) >= 11 is 12.0. The molecule has 0 saturated carbocycles. The minimum absolute atomic E-state index is 0.149. The summed E-state index contributed by atoms with van der Waals surface area (Å²) in [4.78, 5) is 37.7. The third-order valence-corrected chi connectivity index (χ3v) is 6.20. The second-order valence-electron chi connectivity index (χ2n) is 8.39. The molecule has 0 heterocycles. The topological polar surface area (TPSA) is 115 Å². The number of esters is 1. The van der Waals surface area contributed by atoms with Crippen LogP contribution in [0.2, 0.25) is 10.0 Å². The standard InChI is InChI=1S/C30H23Cl2N3O6/c1-39-23-10-7-19(8-11-23)28(36)34-22-5-3-4-20(15-22)29(37)35-33-17-18-6-13-26(27(14-18)40-2)41-30(38)24-12-9-21(31)16-25(24)32/h3-17H,1-2H3,(H,34,36)(H,35,37). The van der Waals surface area contributed by atoms with Gasteiger partial charge in [0.25, 0.3) is 11.8 Å². The molecular weight excluding hydrogens is 569 g/mol. The van der Waals surface area contributed by atoms with E-state index in [1.54, 1.807) is 61.7 Å². The lowest BCUT2D eigenvalue weighted by atomic mass is 10.1. The Kier molecular flexibility index (Phi) is 9.57. The van der Waals surface area contributed by atoms with E-state index in [2.05, 4.69) is 15.8 Å². The number of anilines is 1. The van der Waals surface area contributed by atoms with Crippen LogP contribution in [0, 0.1) is 0 Å². The van der Waals surface area contributed by atoms with E-state index in [4.69, 9.17) is 37.4 Å². The minimum atomic E-state index is -0.680. The average Bonchev–Trinajstić information content (AvgIpc) is 2.97. The van der Waals surface area contributed by atoms with Gasteiger partial charge in [-0.25, -0.2) is 10.2 Å². The summed E-state index contributed by atoms with van der Waals surface area (Å²) in [5.74, 6) is -0.432. The summed E-state index contributed by atoms with van der Waals surface area (Å²) < 4.78 is 15.9. The van der Waals surface area contributed by atoms with Crippen LogP contribution in [0.5, 0.6) is 17.2 Å². The van der Waals surface area contributed by atoms with E-state index >= 15 is 0 Å². The molecule has 4 aromatic rings. The molecule has 0 fully saturated rings. The third kappa shape index (κ3) is 7.63. The lowest BCUT2D eigenvalue weighted by Gasteiger charge is -2.10. The number of hydrogen-bond acceptors (Lipinski definition) is 7. The zero-order chi connectivity index (χ0) is 29.4. The molecule has 4 rings (SSSR count). The molecule has 0 radical (unpaired) electrons. The number of nitrogens with zero attached hydrogens (tertiary/aromatic N) is 1. The van der Waals surface area contributed by atoms with E-state index in [1.165, 1.54) is 43.7 Å². The van der Waals surface area contributed by atoms with Gasteiger partial charge in [-0.15, -0.1) is 0 Å². The quantitative estimate of drug-likeness (QED) is 0.103. The molecule has 0 bridgehead atoms. The fraction of sp³-hybridized carbons (Fsp3) is 0.0667. The Morgan fingerprint density at radius 3 is 2.27 bits per heavy atom. The number of methoxy groups -OCH3 is 2. The van der Waals surface area contributed by atoms with Gasteiger partial charge in [0.05, 0.1) is 31.0 Å². The molecule has 0 unspecified atom stereocenters. The molecule has 0 aromatic heterocycles. The Hall–Kier alpha value is -4.86. The Morgan fingerprint density at radius 2 is 1.56 bits per heavy atom. The van der Waals surface area contributed by atoms with Crippen LogP contribution in [0.15, 0.2) is 90.0 Å². The second-order valence-corrected chi connectivity index (χ2v) is 9.23. The van der Waals surface area contributed by atoms with Crippen LogP contribution >= 0.6 is 23.2 Å². The predicted octanol–water partition coefficient (Wildman–Crippen LogP) is 6.25. The van der Waals surface area contributed by atoms with Crippen molar-refractivity contribution in [2.45, 2.75) is 0 Å². The zero-order valence-electron chi connectivity index (χ0n) is 21.8. The van der Waals surface area contributed by atoms with Gasteiger partial charge in [-0.1, -0.05) is 29.3 Å². The van der Waals surface area contributed by atoms with E-state index in [-0.39, 0.29) is 33.6 Å². The third-order valence-electron chi connectivity index (χ3n) is 5.66. The molecule has 0 aliphatic carbocycles. The number of halogens is 2. The normalized spacial score (nSPS) is 10.6. The smallest absolute Gasteiger partial charge is 0.345 e. The number of rotatable bonds is 9. The predicted molar refractivity (Wildman–Crippen MR) is 157 cm³/mol. The van der Waals surface area contributed by atoms with Crippen molar-refractivity contribution in [3.8, 4) is 17.2 Å². The maximum Gasteiger partial charge on any atom is 0.345 e. The van der Waals surface area contributed by atoms with E-state index in [0.717, 1.165) is 0 Å². The van der Waals surface area contributed by atoms with Crippen LogP contribution in [-0.4, -0.2) is 38.2 Å². The highest BCUT2D eigenvalue weighted by atomic mass is 35.5. The fourth-order valence-corrected chi connectivity index (χ4v) is 4.06. The number of ether oxygens (including phenoxy) is 3. The van der Waals surface area contributed by atoms with Gasteiger partial charge in [-0.3, -0.25) is 9.59 Å². The monoisotopic (exact) mass is 591 g/mol. The number of carbonyl (C=O) groups excluding carboxylic acids is 3. The van der Waals surface area contributed by atoms with Crippen LogP contribution in [0.1, 0.15) is 36.6 Å². The van der Waals surface area contributed by atoms with Crippen molar-refractivity contribution in [1.82, 2.24) is 5.43 Å². The van der Waals surface area contributed by atoms with Crippen molar-refractivity contribution in [3.05, 3.63) is 117 Å². The molecule has 0 spiro atoms. The van der Waals surface area contributed by atoms with Crippen LogP contribution in [0.3, 0.4) is 0 Å². The van der Waals surface area contributed by atoms with Gasteiger partial charge < -0.3 is 19.5 Å². The SMILES string of the molecule is COc1ccc(C(=O)Nc2cccc(C(=O)NN=Cc3ccc(OC(=O)c4ccc(Cl)cc4Cl)c(OC)c3)c2)cc1. The van der Waals surface area contributed by atoms with Crippen LogP contribution < -0.4 is 25.0 Å². The summed E-state index contributed by atoms with van der Waals surface area (Å²) in [6.07, 6.45) is 1.40. The van der Waals surface area contributed by atoms with Gasteiger partial charge in [0.1, 0.15) is 5.75 Å². The highest BCUT2D eigenvalue weighted by Crippen LogP contribution is 2.30. The largest absolute Gasteiger partial charge is 0.497 e. The fourth-order valence-electron chi connectivity index (χ4n) is 3.57. The number of benzene rings is 4. The molecule has 4 aromatic carbocycles. The van der Waals surface area contributed by atoms with Crippen molar-refractivity contribution in [2.24, 2.45) is 5.10 Å².